The highest BCUT2D eigenvalue weighted by molar-refractivity contribution is 6.04. The normalized spacial score (nSPS) is 12.8. The molecule has 0 radical (unpaired) electrons. The van der Waals surface area contributed by atoms with Crippen molar-refractivity contribution in [2.24, 2.45) is 0 Å². The quantitative estimate of drug-likeness (QED) is 0.730. The largest absolute Gasteiger partial charge is 0.508 e. The van der Waals surface area contributed by atoms with E-state index in [9.17, 15) is 15.5 Å². The highest BCUT2D eigenvalue weighted by atomic mass is 16.3. The minimum atomic E-state index is 0.206. The Kier molecular flexibility index (Phi) is 3.52. The maximum atomic E-state index is 9.96. The fourth-order valence-electron chi connectivity index (χ4n) is 3.41. The van der Waals surface area contributed by atoms with Crippen LogP contribution < -0.4 is 0 Å². The molecule has 0 aliphatic heterocycles. The van der Waals surface area contributed by atoms with E-state index < -0.39 is 0 Å². The van der Waals surface area contributed by atoms with Gasteiger partial charge in [0.2, 0.25) is 0 Å². The SMILES string of the molecule is N#Cc1ccccc1C1=C(c2ccc(O)cc2)Cc2ccc(O)cc21. The Bertz CT molecular complexity index is 1040. The minimum Gasteiger partial charge on any atom is -0.508 e. The molecule has 0 amide bonds. The number of aromatic hydroxyl groups is 2. The second-order valence-corrected chi connectivity index (χ2v) is 6.08. The van der Waals surface area contributed by atoms with Gasteiger partial charge in [0.1, 0.15) is 11.5 Å². The number of hydrogen-bond donors (Lipinski definition) is 2. The lowest BCUT2D eigenvalue weighted by molar-refractivity contribution is 0.474. The van der Waals surface area contributed by atoms with Gasteiger partial charge in [0, 0.05) is 5.56 Å². The molecule has 0 heterocycles. The van der Waals surface area contributed by atoms with E-state index >= 15 is 0 Å². The van der Waals surface area contributed by atoms with Crippen molar-refractivity contribution < 1.29 is 10.2 Å². The van der Waals surface area contributed by atoms with Crippen LogP contribution in [0.4, 0.5) is 0 Å². The Morgan fingerprint density at radius 2 is 1.52 bits per heavy atom. The molecule has 0 saturated carbocycles. The van der Waals surface area contributed by atoms with Crippen LogP contribution in [0.25, 0.3) is 11.1 Å². The van der Waals surface area contributed by atoms with Crippen molar-refractivity contribution >= 4 is 11.1 Å². The summed E-state index contributed by atoms with van der Waals surface area (Å²) >= 11 is 0. The van der Waals surface area contributed by atoms with Crippen LogP contribution in [0.3, 0.4) is 0 Å². The van der Waals surface area contributed by atoms with Crippen molar-refractivity contribution in [2.45, 2.75) is 6.42 Å². The van der Waals surface area contributed by atoms with Crippen LogP contribution in [-0.2, 0) is 6.42 Å². The molecule has 1 aliphatic carbocycles. The summed E-state index contributed by atoms with van der Waals surface area (Å²) in [5.74, 6) is 0.425. The monoisotopic (exact) mass is 325 g/mol. The van der Waals surface area contributed by atoms with Gasteiger partial charge >= 0.3 is 0 Å². The Labute approximate surface area is 145 Å². The molecule has 3 aromatic carbocycles. The summed E-state index contributed by atoms with van der Waals surface area (Å²) in [6.07, 6.45) is 0.718. The molecule has 0 saturated heterocycles. The molecule has 3 heteroatoms. The van der Waals surface area contributed by atoms with Crippen molar-refractivity contribution in [3.05, 3.63) is 94.5 Å². The molecule has 25 heavy (non-hydrogen) atoms. The van der Waals surface area contributed by atoms with Gasteiger partial charge in [-0.1, -0.05) is 36.4 Å². The number of fused-ring (bicyclic) bond motifs is 1. The first-order valence-electron chi connectivity index (χ1n) is 8.01. The number of rotatable bonds is 2. The van der Waals surface area contributed by atoms with Gasteiger partial charge in [0.15, 0.2) is 0 Å². The summed E-state index contributed by atoms with van der Waals surface area (Å²) in [5, 5.41) is 29.1. The fraction of sp³-hybridized carbons (Fsp3) is 0.0455. The molecule has 0 fully saturated rings. The zero-order valence-corrected chi connectivity index (χ0v) is 13.4. The summed E-state index contributed by atoms with van der Waals surface area (Å²) in [7, 11) is 0. The molecule has 4 rings (SSSR count). The van der Waals surface area contributed by atoms with Crippen LogP contribution >= 0.6 is 0 Å². The number of nitrogens with zero attached hydrogens (tertiary/aromatic N) is 1. The topological polar surface area (TPSA) is 64.2 Å². The van der Waals surface area contributed by atoms with Gasteiger partial charge in [-0.25, -0.2) is 0 Å². The summed E-state index contributed by atoms with van der Waals surface area (Å²) in [6, 6.07) is 22.2. The van der Waals surface area contributed by atoms with Gasteiger partial charge in [-0.05, 0) is 64.6 Å². The number of hydrogen-bond acceptors (Lipinski definition) is 3. The first-order valence-corrected chi connectivity index (χ1v) is 8.01. The molecular formula is C22H15NO2. The average molecular weight is 325 g/mol. The molecule has 0 aromatic heterocycles. The third-order valence-electron chi connectivity index (χ3n) is 4.56. The van der Waals surface area contributed by atoms with E-state index in [4.69, 9.17) is 0 Å². The molecule has 1 aliphatic rings. The lowest BCUT2D eigenvalue weighted by atomic mass is 9.91. The highest BCUT2D eigenvalue weighted by Crippen LogP contribution is 2.44. The Balaban J connectivity index is 2.01. The van der Waals surface area contributed by atoms with Crippen LogP contribution in [0.2, 0.25) is 0 Å². The van der Waals surface area contributed by atoms with Crippen molar-refractivity contribution in [3.8, 4) is 17.6 Å². The number of benzene rings is 3. The van der Waals surface area contributed by atoms with E-state index in [1.807, 2.05) is 36.4 Å². The molecule has 0 atom stereocenters. The zero-order valence-electron chi connectivity index (χ0n) is 13.4. The van der Waals surface area contributed by atoms with E-state index in [0.29, 0.717) is 5.56 Å². The lowest BCUT2D eigenvalue weighted by Gasteiger charge is -2.11. The summed E-state index contributed by atoms with van der Waals surface area (Å²) in [4.78, 5) is 0. The van der Waals surface area contributed by atoms with Crippen LogP contribution in [0.5, 0.6) is 11.5 Å². The number of phenols is 2. The van der Waals surface area contributed by atoms with Crippen molar-refractivity contribution in [3.63, 3.8) is 0 Å². The molecule has 2 N–H and O–H groups in total. The zero-order chi connectivity index (χ0) is 17.4. The maximum Gasteiger partial charge on any atom is 0.116 e. The third kappa shape index (κ3) is 2.54. The first kappa shape index (κ1) is 15.0. The second-order valence-electron chi connectivity index (χ2n) is 6.08. The smallest absolute Gasteiger partial charge is 0.116 e. The van der Waals surface area contributed by atoms with E-state index in [1.165, 1.54) is 0 Å². The molecular weight excluding hydrogens is 310 g/mol. The van der Waals surface area contributed by atoms with Crippen molar-refractivity contribution in [1.82, 2.24) is 0 Å². The molecule has 0 bridgehead atoms. The van der Waals surface area contributed by atoms with Crippen molar-refractivity contribution in [1.29, 1.82) is 5.26 Å². The third-order valence-corrected chi connectivity index (χ3v) is 4.56. The van der Waals surface area contributed by atoms with Gasteiger partial charge in [-0.15, -0.1) is 0 Å². The van der Waals surface area contributed by atoms with Gasteiger partial charge in [-0.3, -0.25) is 0 Å². The number of allylic oxidation sites excluding steroid dienone is 1. The molecule has 120 valence electrons. The number of phenolic OH excluding ortho intramolecular Hbond substituents is 2. The minimum absolute atomic E-state index is 0.206. The Hall–Kier alpha value is -3.51. The van der Waals surface area contributed by atoms with Gasteiger partial charge in [0.25, 0.3) is 0 Å². The van der Waals surface area contributed by atoms with E-state index in [1.54, 1.807) is 30.3 Å². The maximum absolute atomic E-state index is 9.96. The van der Waals surface area contributed by atoms with Crippen molar-refractivity contribution in [2.75, 3.05) is 0 Å². The van der Waals surface area contributed by atoms with Gasteiger partial charge in [0.05, 0.1) is 11.6 Å². The van der Waals surface area contributed by atoms with Crippen LogP contribution in [0.15, 0.2) is 66.7 Å². The number of nitriles is 1. The van der Waals surface area contributed by atoms with E-state index in [2.05, 4.69) is 6.07 Å². The summed E-state index contributed by atoms with van der Waals surface area (Å²) in [5.41, 5.74) is 6.57. The summed E-state index contributed by atoms with van der Waals surface area (Å²) < 4.78 is 0. The predicted octanol–water partition coefficient (Wildman–Crippen LogP) is 4.48. The van der Waals surface area contributed by atoms with E-state index in [0.717, 1.165) is 39.8 Å². The highest BCUT2D eigenvalue weighted by Gasteiger charge is 2.25. The fourth-order valence-corrected chi connectivity index (χ4v) is 3.41. The van der Waals surface area contributed by atoms with Crippen LogP contribution in [0, 0.1) is 11.3 Å². The van der Waals surface area contributed by atoms with Crippen LogP contribution in [0.1, 0.15) is 27.8 Å². The molecule has 3 aromatic rings. The standard InChI is InChI=1S/C22H15NO2/c23-13-16-3-1-2-4-19(16)22-20(14-5-8-17(24)9-6-14)11-15-7-10-18(25)12-21(15)22/h1-10,12,24-25H,11H2. The molecule has 0 unspecified atom stereocenters. The van der Waals surface area contributed by atoms with Gasteiger partial charge < -0.3 is 10.2 Å². The Morgan fingerprint density at radius 3 is 2.28 bits per heavy atom. The second kappa shape index (κ2) is 5.85. The summed E-state index contributed by atoms with van der Waals surface area (Å²) in [6.45, 7) is 0. The van der Waals surface area contributed by atoms with Crippen LogP contribution in [-0.4, -0.2) is 10.2 Å². The van der Waals surface area contributed by atoms with E-state index in [-0.39, 0.29) is 11.5 Å². The van der Waals surface area contributed by atoms with Gasteiger partial charge in [-0.2, -0.15) is 5.26 Å². The first-order chi connectivity index (χ1) is 12.2. The average Bonchev–Trinajstić information content (AvgIpc) is 3.00. The lowest BCUT2D eigenvalue weighted by Crippen LogP contribution is -1.93. The molecule has 0 spiro atoms. The Morgan fingerprint density at radius 1 is 0.800 bits per heavy atom. The predicted molar refractivity (Wildman–Crippen MR) is 97.0 cm³/mol. The molecule has 3 nitrogen and oxygen atoms in total.